The summed E-state index contributed by atoms with van der Waals surface area (Å²) in [6.45, 7) is 8.06. The summed E-state index contributed by atoms with van der Waals surface area (Å²) in [5.74, 6) is 0. The van der Waals surface area contributed by atoms with E-state index < -0.39 is 0 Å². The molecule has 0 saturated heterocycles. The van der Waals surface area contributed by atoms with Gasteiger partial charge in [0.05, 0.1) is 11.7 Å². The maximum absolute atomic E-state index is 4.70. The first-order chi connectivity index (χ1) is 9.31. The van der Waals surface area contributed by atoms with Crippen molar-refractivity contribution in [3.8, 4) is 0 Å². The zero-order valence-corrected chi connectivity index (χ0v) is 12.7. The van der Waals surface area contributed by atoms with E-state index in [0.717, 1.165) is 6.54 Å². The van der Waals surface area contributed by atoms with Crippen LogP contribution < -0.4 is 0 Å². The molecule has 2 unspecified atom stereocenters. The van der Waals surface area contributed by atoms with Crippen molar-refractivity contribution in [2.45, 2.75) is 71.4 Å². The summed E-state index contributed by atoms with van der Waals surface area (Å²) in [7, 11) is 0. The van der Waals surface area contributed by atoms with Gasteiger partial charge in [-0.25, -0.2) is 0 Å². The molecule has 0 saturated carbocycles. The van der Waals surface area contributed by atoms with Crippen LogP contribution in [0.5, 0.6) is 0 Å². The molecule has 0 N–H and O–H groups in total. The minimum absolute atomic E-state index is 0.548. The Balaban J connectivity index is 2.24. The third-order valence-electron chi connectivity index (χ3n) is 4.49. The SMILES string of the molecule is CCCC(CC)N(CC)C1CCCc2cccnc21. The van der Waals surface area contributed by atoms with Gasteiger partial charge in [0.15, 0.2) is 0 Å². The fourth-order valence-electron chi connectivity index (χ4n) is 3.58. The third kappa shape index (κ3) is 3.17. The minimum Gasteiger partial charge on any atom is -0.292 e. The molecule has 2 atom stereocenters. The molecule has 1 aliphatic carbocycles. The van der Waals surface area contributed by atoms with Crippen LogP contribution >= 0.6 is 0 Å². The fraction of sp³-hybridized carbons (Fsp3) is 0.706. The van der Waals surface area contributed by atoms with Crippen molar-refractivity contribution in [2.75, 3.05) is 6.54 Å². The van der Waals surface area contributed by atoms with Gasteiger partial charge >= 0.3 is 0 Å². The summed E-state index contributed by atoms with van der Waals surface area (Å²) in [5, 5.41) is 0. The Labute approximate surface area is 118 Å². The second-order valence-corrected chi connectivity index (χ2v) is 5.64. The molecule has 2 rings (SSSR count). The van der Waals surface area contributed by atoms with Gasteiger partial charge in [-0.3, -0.25) is 9.88 Å². The Morgan fingerprint density at radius 3 is 2.89 bits per heavy atom. The third-order valence-corrected chi connectivity index (χ3v) is 4.49. The number of pyridine rings is 1. The molecule has 0 aliphatic heterocycles. The fourth-order valence-corrected chi connectivity index (χ4v) is 3.58. The van der Waals surface area contributed by atoms with Crippen LogP contribution in [0.4, 0.5) is 0 Å². The molecule has 2 nitrogen and oxygen atoms in total. The number of hydrogen-bond donors (Lipinski definition) is 0. The van der Waals surface area contributed by atoms with Crippen molar-refractivity contribution in [3.63, 3.8) is 0 Å². The van der Waals surface area contributed by atoms with Crippen LogP contribution in [0.3, 0.4) is 0 Å². The average Bonchev–Trinajstić information content (AvgIpc) is 2.47. The van der Waals surface area contributed by atoms with Crippen LogP contribution in [-0.4, -0.2) is 22.5 Å². The molecule has 106 valence electrons. The van der Waals surface area contributed by atoms with Crippen molar-refractivity contribution in [1.29, 1.82) is 0 Å². The van der Waals surface area contributed by atoms with Crippen LogP contribution in [0.1, 0.15) is 70.2 Å². The Kier molecular flexibility index (Phi) is 5.38. The summed E-state index contributed by atoms with van der Waals surface area (Å²) < 4.78 is 0. The number of aromatic nitrogens is 1. The van der Waals surface area contributed by atoms with Crippen LogP contribution in [-0.2, 0) is 6.42 Å². The summed E-state index contributed by atoms with van der Waals surface area (Å²) in [4.78, 5) is 7.41. The molecule has 1 aliphatic rings. The molecular formula is C17H28N2. The van der Waals surface area contributed by atoms with E-state index in [-0.39, 0.29) is 0 Å². The van der Waals surface area contributed by atoms with E-state index in [1.54, 1.807) is 0 Å². The van der Waals surface area contributed by atoms with Crippen LogP contribution in [0, 0.1) is 0 Å². The maximum Gasteiger partial charge on any atom is 0.0607 e. The highest BCUT2D eigenvalue weighted by atomic mass is 15.2. The lowest BCUT2D eigenvalue weighted by Gasteiger charge is -2.39. The summed E-state index contributed by atoms with van der Waals surface area (Å²) >= 11 is 0. The van der Waals surface area contributed by atoms with Gasteiger partial charge in [-0.15, -0.1) is 0 Å². The van der Waals surface area contributed by atoms with Crippen molar-refractivity contribution in [1.82, 2.24) is 9.88 Å². The predicted molar refractivity (Wildman–Crippen MR) is 81.3 cm³/mol. The number of nitrogens with zero attached hydrogens (tertiary/aromatic N) is 2. The number of rotatable bonds is 6. The second-order valence-electron chi connectivity index (χ2n) is 5.64. The van der Waals surface area contributed by atoms with Gasteiger partial charge < -0.3 is 0 Å². The average molecular weight is 260 g/mol. The highest BCUT2D eigenvalue weighted by molar-refractivity contribution is 5.25. The molecule has 0 aromatic carbocycles. The monoisotopic (exact) mass is 260 g/mol. The van der Waals surface area contributed by atoms with E-state index in [9.17, 15) is 0 Å². The molecule has 0 fully saturated rings. The summed E-state index contributed by atoms with van der Waals surface area (Å²) in [5.41, 5.74) is 2.83. The second kappa shape index (κ2) is 7.04. The predicted octanol–water partition coefficient (Wildman–Crippen LogP) is 4.36. The molecule has 1 aromatic rings. The Morgan fingerprint density at radius 2 is 2.21 bits per heavy atom. The lowest BCUT2D eigenvalue weighted by atomic mass is 9.89. The van der Waals surface area contributed by atoms with Crippen LogP contribution in [0.15, 0.2) is 18.3 Å². The molecule has 1 heterocycles. The maximum atomic E-state index is 4.70. The lowest BCUT2D eigenvalue weighted by molar-refractivity contribution is 0.113. The summed E-state index contributed by atoms with van der Waals surface area (Å²) in [6, 6.07) is 5.61. The topological polar surface area (TPSA) is 16.1 Å². The first kappa shape index (κ1) is 14.5. The van der Waals surface area contributed by atoms with E-state index in [0.29, 0.717) is 12.1 Å². The zero-order chi connectivity index (χ0) is 13.7. The van der Waals surface area contributed by atoms with Gasteiger partial charge in [-0.05, 0) is 50.3 Å². The smallest absolute Gasteiger partial charge is 0.0607 e. The first-order valence-corrected chi connectivity index (χ1v) is 8.01. The van der Waals surface area contributed by atoms with E-state index in [1.807, 2.05) is 6.20 Å². The van der Waals surface area contributed by atoms with Crippen molar-refractivity contribution in [2.24, 2.45) is 0 Å². The van der Waals surface area contributed by atoms with Crippen LogP contribution in [0.2, 0.25) is 0 Å². The van der Waals surface area contributed by atoms with E-state index >= 15 is 0 Å². The molecule has 0 amide bonds. The van der Waals surface area contributed by atoms with E-state index in [4.69, 9.17) is 4.98 Å². The molecule has 19 heavy (non-hydrogen) atoms. The molecular weight excluding hydrogens is 232 g/mol. The van der Waals surface area contributed by atoms with Gasteiger partial charge in [-0.1, -0.05) is 33.3 Å². The van der Waals surface area contributed by atoms with Crippen molar-refractivity contribution in [3.05, 3.63) is 29.6 Å². The van der Waals surface area contributed by atoms with Gasteiger partial charge in [0.25, 0.3) is 0 Å². The summed E-state index contributed by atoms with van der Waals surface area (Å²) in [6.07, 6.45) is 9.59. The number of hydrogen-bond acceptors (Lipinski definition) is 2. The van der Waals surface area contributed by atoms with Gasteiger partial charge in [0.1, 0.15) is 0 Å². The molecule has 0 radical (unpaired) electrons. The molecule has 2 heteroatoms. The molecule has 0 bridgehead atoms. The van der Waals surface area contributed by atoms with Gasteiger partial charge in [0, 0.05) is 12.2 Å². The number of fused-ring (bicyclic) bond motifs is 1. The highest BCUT2D eigenvalue weighted by Gasteiger charge is 2.29. The largest absolute Gasteiger partial charge is 0.292 e. The van der Waals surface area contributed by atoms with Gasteiger partial charge in [0.2, 0.25) is 0 Å². The zero-order valence-electron chi connectivity index (χ0n) is 12.7. The Morgan fingerprint density at radius 1 is 1.37 bits per heavy atom. The Bertz CT molecular complexity index is 389. The first-order valence-electron chi connectivity index (χ1n) is 8.01. The minimum atomic E-state index is 0.548. The normalized spacial score (nSPS) is 20.3. The Hall–Kier alpha value is -0.890. The van der Waals surface area contributed by atoms with Crippen molar-refractivity contribution < 1.29 is 0 Å². The molecule has 0 spiro atoms. The quantitative estimate of drug-likeness (QED) is 0.755. The van der Waals surface area contributed by atoms with Gasteiger partial charge in [-0.2, -0.15) is 0 Å². The van der Waals surface area contributed by atoms with Crippen LogP contribution in [0.25, 0.3) is 0 Å². The highest BCUT2D eigenvalue weighted by Crippen LogP contribution is 2.35. The van der Waals surface area contributed by atoms with E-state index in [1.165, 1.54) is 49.8 Å². The molecule has 1 aromatic heterocycles. The van der Waals surface area contributed by atoms with E-state index in [2.05, 4.69) is 37.8 Å². The standard InChI is InChI=1S/C17H28N2/c1-4-9-15(5-2)19(6-3)16-12-7-10-14-11-8-13-18-17(14)16/h8,11,13,15-16H,4-7,9-10,12H2,1-3H3. The number of aryl methyl sites for hydroxylation is 1. The lowest BCUT2D eigenvalue weighted by Crippen LogP contribution is -2.39. The van der Waals surface area contributed by atoms with Crippen molar-refractivity contribution >= 4 is 0 Å².